The summed E-state index contributed by atoms with van der Waals surface area (Å²) in [6, 6.07) is 10.1. The summed E-state index contributed by atoms with van der Waals surface area (Å²) in [5.41, 5.74) is 1.17. The van der Waals surface area contributed by atoms with Gasteiger partial charge in [0.15, 0.2) is 0 Å². The van der Waals surface area contributed by atoms with E-state index >= 15 is 0 Å². The molecule has 0 bridgehead atoms. The van der Waals surface area contributed by atoms with Gasteiger partial charge in [-0.15, -0.1) is 0 Å². The number of carbonyl (C=O) groups excluding carboxylic acids is 1. The molecule has 1 aliphatic rings. The number of hydrogen-bond donors (Lipinski definition) is 1. The highest BCUT2D eigenvalue weighted by Gasteiger charge is 2.20. The monoisotopic (exact) mass is 305 g/mol. The van der Waals surface area contributed by atoms with Crippen molar-refractivity contribution in [3.05, 3.63) is 35.9 Å². The van der Waals surface area contributed by atoms with Crippen LogP contribution in [-0.2, 0) is 11.3 Å². The van der Waals surface area contributed by atoms with Crippen LogP contribution in [0.1, 0.15) is 12.5 Å². The van der Waals surface area contributed by atoms with Crippen molar-refractivity contribution in [3.8, 4) is 0 Å². The summed E-state index contributed by atoms with van der Waals surface area (Å²) in [6.07, 6.45) is 0. The van der Waals surface area contributed by atoms with Gasteiger partial charge in [-0.3, -0.25) is 14.6 Å². The van der Waals surface area contributed by atoms with Crippen molar-refractivity contribution < 1.29 is 9.90 Å². The predicted octanol–water partition coefficient (Wildman–Crippen LogP) is 0.645. The van der Waals surface area contributed by atoms with Crippen LogP contribution in [0, 0.1) is 0 Å². The first-order valence-corrected chi connectivity index (χ1v) is 8.10. The third kappa shape index (κ3) is 5.09. The molecule has 0 aliphatic carbocycles. The molecule has 0 aromatic heterocycles. The molecule has 1 amide bonds. The van der Waals surface area contributed by atoms with Crippen LogP contribution in [0.2, 0.25) is 0 Å². The smallest absolute Gasteiger partial charge is 0.237 e. The van der Waals surface area contributed by atoms with Crippen molar-refractivity contribution in [1.82, 2.24) is 14.7 Å². The number of nitrogens with zero attached hydrogens (tertiary/aromatic N) is 3. The van der Waals surface area contributed by atoms with Gasteiger partial charge < -0.3 is 10.0 Å². The van der Waals surface area contributed by atoms with Crippen LogP contribution in [0.15, 0.2) is 30.3 Å². The Morgan fingerprint density at radius 1 is 1.14 bits per heavy atom. The molecule has 122 valence electrons. The van der Waals surface area contributed by atoms with E-state index in [2.05, 4.69) is 21.9 Å². The van der Waals surface area contributed by atoms with Crippen LogP contribution >= 0.6 is 0 Å². The zero-order chi connectivity index (χ0) is 15.8. The Morgan fingerprint density at radius 3 is 2.36 bits per heavy atom. The third-order valence-electron chi connectivity index (χ3n) is 4.19. The average molecular weight is 305 g/mol. The topological polar surface area (TPSA) is 47.0 Å². The molecule has 22 heavy (non-hydrogen) atoms. The van der Waals surface area contributed by atoms with E-state index in [0.29, 0.717) is 13.1 Å². The van der Waals surface area contributed by atoms with Crippen LogP contribution in [0.3, 0.4) is 0 Å². The van der Waals surface area contributed by atoms with Crippen molar-refractivity contribution >= 4 is 5.91 Å². The molecule has 5 nitrogen and oxygen atoms in total. The number of rotatable bonds is 7. The average Bonchev–Trinajstić information content (AvgIpc) is 2.55. The molecule has 1 aromatic carbocycles. The zero-order valence-corrected chi connectivity index (χ0v) is 13.4. The summed E-state index contributed by atoms with van der Waals surface area (Å²) in [7, 11) is 0. The Morgan fingerprint density at radius 2 is 1.77 bits per heavy atom. The molecule has 0 atom stereocenters. The van der Waals surface area contributed by atoms with Gasteiger partial charge in [0.25, 0.3) is 0 Å². The molecule has 0 spiro atoms. The fourth-order valence-electron chi connectivity index (χ4n) is 2.78. The maximum absolute atomic E-state index is 12.5. The molecule has 0 saturated carbocycles. The Bertz CT molecular complexity index is 444. The van der Waals surface area contributed by atoms with E-state index in [9.17, 15) is 4.79 Å². The van der Waals surface area contributed by atoms with Gasteiger partial charge in [0.2, 0.25) is 5.91 Å². The standard InChI is InChI=1S/C17H27N3O2/c1-2-20(14-16-6-4-3-5-7-16)17(22)15-19-10-8-18(9-11-19)12-13-21/h3-7,21H,2,8-15H2,1H3. The predicted molar refractivity (Wildman–Crippen MR) is 87.5 cm³/mol. The Kier molecular flexibility index (Phi) is 6.83. The Balaban J connectivity index is 1.80. The van der Waals surface area contributed by atoms with Gasteiger partial charge in [0.05, 0.1) is 13.2 Å². The van der Waals surface area contributed by atoms with Gasteiger partial charge in [0, 0.05) is 45.8 Å². The van der Waals surface area contributed by atoms with Gasteiger partial charge in [0.1, 0.15) is 0 Å². The number of aliphatic hydroxyl groups is 1. The SMILES string of the molecule is CCN(Cc1ccccc1)C(=O)CN1CCN(CCO)CC1. The number of benzene rings is 1. The van der Waals surface area contributed by atoms with Gasteiger partial charge in [-0.25, -0.2) is 0 Å². The number of hydrogen-bond acceptors (Lipinski definition) is 4. The largest absolute Gasteiger partial charge is 0.395 e. The minimum Gasteiger partial charge on any atom is -0.395 e. The number of β-amino-alcohol motifs (C(OH)–C–C–N with tert-alkyl or cyclic N) is 1. The van der Waals surface area contributed by atoms with E-state index in [1.807, 2.05) is 30.0 Å². The van der Waals surface area contributed by atoms with Crippen LogP contribution in [0.5, 0.6) is 0 Å². The van der Waals surface area contributed by atoms with Crippen molar-refractivity contribution in [2.24, 2.45) is 0 Å². The van der Waals surface area contributed by atoms with Crippen molar-refractivity contribution in [1.29, 1.82) is 0 Å². The fourth-order valence-corrected chi connectivity index (χ4v) is 2.78. The van der Waals surface area contributed by atoms with Gasteiger partial charge in [-0.2, -0.15) is 0 Å². The highest BCUT2D eigenvalue weighted by atomic mass is 16.3. The Hall–Kier alpha value is -1.43. The molecule has 1 heterocycles. The lowest BCUT2D eigenvalue weighted by Gasteiger charge is -2.35. The Labute approximate surface area is 133 Å². The normalized spacial score (nSPS) is 16.6. The molecular weight excluding hydrogens is 278 g/mol. The summed E-state index contributed by atoms with van der Waals surface area (Å²) in [4.78, 5) is 18.8. The molecule has 1 aliphatic heterocycles. The highest BCUT2D eigenvalue weighted by molar-refractivity contribution is 5.78. The molecule has 1 N–H and O–H groups in total. The van der Waals surface area contributed by atoms with Crippen molar-refractivity contribution in [2.75, 3.05) is 52.4 Å². The number of likely N-dealkylation sites (N-methyl/N-ethyl adjacent to an activating group) is 1. The van der Waals surface area contributed by atoms with E-state index in [1.165, 1.54) is 5.56 Å². The summed E-state index contributed by atoms with van der Waals surface area (Å²) in [5, 5.41) is 8.96. The van der Waals surface area contributed by atoms with Crippen LogP contribution in [0.25, 0.3) is 0 Å². The second kappa shape index (κ2) is 8.88. The first-order valence-electron chi connectivity index (χ1n) is 8.10. The number of piperazine rings is 1. The molecule has 1 fully saturated rings. The third-order valence-corrected chi connectivity index (χ3v) is 4.19. The van der Waals surface area contributed by atoms with Crippen LogP contribution in [0.4, 0.5) is 0 Å². The molecule has 0 unspecified atom stereocenters. The van der Waals surface area contributed by atoms with E-state index < -0.39 is 0 Å². The zero-order valence-electron chi connectivity index (χ0n) is 13.4. The van der Waals surface area contributed by atoms with Crippen LogP contribution < -0.4 is 0 Å². The maximum Gasteiger partial charge on any atom is 0.237 e. The first-order chi connectivity index (χ1) is 10.7. The minimum absolute atomic E-state index is 0.196. The molecule has 2 rings (SSSR count). The quantitative estimate of drug-likeness (QED) is 0.803. The van der Waals surface area contributed by atoms with Gasteiger partial charge >= 0.3 is 0 Å². The maximum atomic E-state index is 12.5. The summed E-state index contributed by atoms with van der Waals surface area (Å²) in [5.74, 6) is 0.196. The minimum atomic E-state index is 0.196. The molecular formula is C17H27N3O2. The lowest BCUT2D eigenvalue weighted by molar-refractivity contribution is -0.133. The van der Waals surface area contributed by atoms with E-state index in [-0.39, 0.29) is 12.5 Å². The van der Waals surface area contributed by atoms with E-state index in [4.69, 9.17) is 5.11 Å². The van der Waals surface area contributed by atoms with Gasteiger partial charge in [-0.1, -0.05) is 30.3 Å². The van der Waals surface area contributed by atoms with Crippen LogP contribution in [-0.4, -0.2) is 78.1 Å². The number of carbonyl (C=O) groups is 1. The lowest BCUT2D eigenvalue weighted by Crippen LogP contribution is -2.50. The second-order valence-corrected chi connectivity index (χ2v) is 5.73. The molecule has 5 heteroatoms. The summed E-state index contributed by atoms with van der Waals surface area (Å²) >= 11 is 0. The van der Waals surface area contributed by atoms with Crippen molar-refractivity contribution in [2.45, 2.75) is 13.5 Å². The fraction of sp³-hybridized carbons (Fsp3) is 0.588. The first kappa shape index (κ1) is 16.9. The van der Waals surface area contributed by atoms with E-state index in [0.717, 1.165) is 39.3 Å². The number of amides is 1. The van der Waals surface area contributed by atoms with Gasteiger partial charge in [-0.05, 0) is 12.5 Å². The number of aliphatic hydroxyl groups excluding tert-OH is 1. The highest BCUT2D eigenvalue weighted by Crippen LogP contribution is 2.07. The summed E-state index contributed by atoms with van der Waals surface area (Å²) in [6.45, 7) is 8.53. The molecule has 1 aromatic rings. The second-order valence-electron chi connectivity index (χ2n) is 5.73. The summed E-state index contributed by atoms with van der Waals surface area (Å²) < 4.78 is 0. The molecule has 1 saturated heterocycles. The van der Waals surface area contributed by atoms with Crippen molar-refractivity contribution in [3.63, 3.8) is 0 Å². The lowest BCUT2D eigenvalue weighted by atomic mass is 10.2. The molecule has 0 radical (unpaired) electrons. The van der Waals surface area contributed by atoms with E-state index in [1.54, 1.807) is 0 Å².